The van der Waals surface area contributed by atoms with Crippen LogP contribution in [0, 0.1) is 0 Å². The minimum atomic E-state index is -4.65. The first-order valence-corrected chi connectivity index (χ1v) is 7.41. The fourth-order valence-corrected chi connectivity index (χ4v) is 2.54. The van der Waals surface area contributed by atoms with E-state index in [0.717, 1.165) is 16.4 Å². The third-order valence-corrected chi connectivity index (χ3v) is 3.76. The molecule has 0 spiro atoms. The summed E-state index contributed by atoms with van der Waals surface area (Å²) in [5.74, 6) is -1.45. The maximum atomic E-state index is 12.5. The van der Waals surface area contributed by atoms with E-state index in [9.17, 15) is 13.2 Å². The van der Waals surface area contributed by atoms with Crippen molar-refractivity contribution < 1.29 is 17.7 Å². The van der Waals surface area contributed by atoms with E-state index in [4.69, 9.17) is 0 Å². The molecule has 0 aliphatic carbocycles. The van der Waals surface area contributed by atoms with Gasteiger partial charge in [0.15, 0.2) is 0 Å². The first-order valence-electron chi connectivity index (χ1n) is 7.41. The summed E-state index contributed by atoms with van der Waals surface area (Å²) in [5, 5.41) is 8.78. The van der Waals surface area contributed by atoms with Crippen LogP contribution >= 0.6 is 0 Å². The highest BCUT2D eigenvalue weighted by Crippen LogP contribution is 2.29. The molecule has 0 aliphatic heterocycles. The van der Waals surface area contributed by atoms with Crippen molar-refractivity contribution in [1.82, 2.24) is 19.8 Å². The number of rotatable bonds is 3. The van der Waals surface area contributed by atoms with E-state index in [2.05, 4.69) is 19.8 Å². The second-order valence-electron chi connectivity index (χ2n) is 5.48. The van der Waals surface area contributed by atoms with Crippen LogP contribution in [0.5, 0.6) is 0 Å². The first-order chi connectivity index (χ1) is 12.0. The predicted octanol–water partition coefficient (Wildman–Crippen LogP) is 2.63. The van der Waals surface area contributed by atoms with Crippen LogP contribution in [0.25, 0.3) is 22.3 Å². The molecule has 2 aromatic carbocycles. The van der Waals surface area contributed by atoms with Crippen molar-refractivity contribution in [2.45, 2.75) is 6.18 Å². The fourth-order valence-electron chi connectivity index (χ4n) is 2.54. The standard InChI is InChI=1S/C16H10BF3N4O/c18-16(19,20)15-22-14(23-25-15)10-5-7-12(8-6-10)17-24-13-4-2-1-3-11(13)9-21-24/h1-9,17H. The zero-order chi connectivity index (χ0) is 17.4. The van der Waals surface area contributed by atoms with Crippen molar-refractivity contribution in [3.63, 3.8) is 0 Å². The van der Waals surface area contributed by atoms with Crippen LogP contribution in [0.4, 0.5) is 13.2 Å². The lowest BCUT2D eigenvalue weighted by Crippen LogP contribution is -2.22. The second kappa shape index (κ2) is 5.76. The highest BCUT2D eigenvalue weighted by molar-refractivity contribution is 6.52. The molecule has 0 N–H and O–H groups in total. The normalized spacial score (nSPS) is 11.8. The van der Waals surface area contributed by atoms with Crippen LogP contribution in [-0.2, 0) is 6.18 Å². The van der Waals surface area contributed by atoms with E-state index >= 15 is 0 Å². The van der Waals surface area contributed by atoms with Crippen LogP contribution in [0.1, 0.15) is 5.89 Å². The first kappa shape index (κ1) is 15.4. The van der Waals surface area contributed by atoms with E-state index in [0.29, 0.717) is 13.0 Å². The highest BCUT2D eigenvalue weighted by Gasteiger charge is 2.38. The summed E-state index contributed by atoms with van der Waals surface area (Å²) in [4.78, 5) is 3.38. The fraction of sp³-hybridized carbons (Fsp3) is 0.0625. The molecule has 9 heteroatoms. The highest BCUT2D eigenvalue weighted by atomic mass is 19.4. The lowest BCUT2D eigenvalue weighted by molar-refractivity contribution is -0.159. The maximum absolute atomic E-state index is 12.5. The molecule has 0 saturated carbocycles. The molecule has 0 bridgehead atoms. The summed E-state index contributed by atoms with van der Waals surface area (Å²) in [6.07, 6.45) is -2.85. The van der Waals surface area contributed by atoms with Gasteiger partial charge in [-0.2, -0.15) is 23.3 Å². The summed E-state index contributed by atoms with van der Waals surface area (Å²) in [6, 6.07) is 14.8. The molecule has 2 heterocycles. The van der Waals surface area contributed by atoms with Crippen LogP contribution in [0.2, 0.25) is 0 Å². The monoisotopic (exact) mass is 342 g/mol. The van der Waals surface area contributed by atoms with Crippen molar-refractivity contribution in [2.24, 2.45) is 0 Å². The Kier molecular flexibility index (Phi) is 3.56. The molecule has 0 radical (unpaired) electrons. The number of halogens is 3. The molecule has 4 aromatic rings. The third-order valence-electron chi connectivity index (χ3n) is 3.76. The topological polar surface area (TPSA) is 56.7 Å². The van der Waals surface area contributed by atoms with E-state index in [1.165, 1.54) is 0 Å². The van der Waals surface area contributed by atoms with Gasteiger partial charge in [0.25, 0.3) is 7.41 Å². The summed E-state index contributed by atoms with van der Waals surface area (Å²) >= 11 is 0. The van der Waals surface area contributed by atoms with Gasteiger partial charge < -0.3 is 9.12 Å². The number of hydrogen-bond donors (Lipinski definition) is 0. The van der Waals surface area contributed by atoms with Crippen LogP contribution < -0.4 is 5.46 Å². The van der Waals surface area contributed by atoms with Gasteiger partial charge in [-0.05, 0) is 6.07 Å². The molecule has 5 nitrogen and oxygen atoms in total. The van der Waals surface area contributed by atoms with Crippen LogP contribution in [-0.4, -0.2) is 27.2 Å². The van der Waals surface area contributed by atoms with Gasteiger partial charge in [-0.25, -0.2) is 0 Å². The van der Waals surface area contributed by atoms with Crippen molar-refractivity contribution in [3.05, 3.63) is 60.6 Å². The van der Waals surface area contributed by atoms with Gasteiger partial charge >= 0.3 is 12.1 Å². The molecule has 0 saturated heterocycles. The Labute approximate surface area is 140 Å². The average Bonchev–Trinajstić information content (AvgIpc) is 3.23. The van der Waals surface area contributed by atoms with Gasteiger partial charge in [-0.15, -0.1) is 0 Å². The smallest absolute Gasteiger partial charge is 0.329 e. The average molecular weight is 342 g/mol. The Morgan fingerprint density at radius 3 is 2.48 bits per heavy atom. The summed E-state index contributed by atoms with van der Waals surface area (Å²) in [7, 11) is 0.549. The lowest BCUT2D eigenvalue weighted by Gasteiger charge is -2.03. The number of nitrogens with zero attached hydrogens (tertiary/aromatic N) is 4. The molecule has 0 unspecified atom stereocenters. The minimum absolute atomic E-state index is 0.0941. The van der Waals surface area contributed by atoms with Gasteiger partial charge in [-0.1, -0.05) is 53.1 Å². The molecular formula is C16H10BF3N4O. The molecule has 0 fully saturated rings. The lowest BCUT2D eigenvalue weighted by atomic mass is 9.82. The Balaban J connectivity index is 1.57. The van der Waals surface area contributed by atoms with Crippen molar-refractivity contribution >= 4 is 23.8 Å². The van der Waals surface area contributed by atoms with Crippen molar-refractivity contribution in [3.8, 4) is 11.4 Å². The van der Waals surface area contributed by atoms with E-state index in [-0.39, 0.29) is 5.82 Å². The van der Waals surface area contributed by atoms with Crippen molar-refractivity contribution in [1.29, 1.82) is 0 Å². The number of fused-ring (bicyclic) bond motifs is 1. The molecule has 0 amide bonds. The summed E-state index contributed by atoms with van der Waals surface area (Å²) < 4.78 is 43.7. The van der Waals surface area contributed by atoms with Crippen LogP contribution in [0.15, 0.2) is 59.3 Å². The minimum Gasteiger partial charge on any atom is -0.329 e. The number of benzene rings is 2. The Morgan fingerprint density at radius 1 is 1.00 bits per heavy atom. The van der Waals surface area contributed by atoms with Gasteiger partial charge in [0.2, 0.25) is 5.82 Å². The van der Waals surface area contributed by atoms with E-state index in [1.807, 2.05) is 28.9 Å². The quantitative estimate of drug-likeness (QED) is 0.537. The van der Waals surface area contributed by atoms with Gasteiger partial charge in [0, 0.05) is 10.9 Å². The zero-order valence-corrected chi connectivity index (χ0v) is 12.7. The van der Waals surface area contributed by atoms with Gasteiger partial charge in [-0.3, -0.25) is 0 Å². The Morgan fingerprint density at radius 2 is 1.76 bits per heavy atom. The third kappa shape index (κ3) is 3.00. The van der Waals surface area contributed by atoms with E-state index in [1.54, 1.807) is 30.5 Å². The molecule has 0 aliphatic rings. The number of aromatic nitrogens is 4. The van der Waals surface area contributed by atoms with Gasteiger partial charge in [0.05, 0.1) is 11.7 Å². The van der Waals surface area contributed by atoms with Gasteiger partial charge in [0.1, 0.15) is 0 Å². The second-order valence-corrected chi connectivity index (χ2v) is 5.48. The number of para-hydroxylation sites is 1. The SMILES string of the molecule is FC(F)(F)c1nc(-c2ccc(Bn3ncc4ccccc43)cc2)no1. The van der Waals surface area contributed by atoms with Crippen molar-refractivity contribution in [2.75, 3.05) is 0 Å². The molecule has 0 atom stereocenters. The molecule has 2 aromatic heterocycles. The molecule has 4 rings (SSSR count). The molecular weight excluding hydrogens is 332 g/mol. The predicted molar refractivity (Wildman–Crippen MR) is 86.7 cm³/mol. The largest absolute Gasteiger partial charge is 0.471 e. The molecule has 124 valence electrons. The molecule has 25 heavy (non-hydrogen) atoms. The zero-order valence-electron chi connectivity index (χ0n) is 12.7. The number of hydrogen-bond acceptors (Lipinski definition) is 4. The Hall–Kier alpha value is -3.10. The summed E-state index contributed by atoms with van der Waals surface area (Å²) in [5.41, 5.74) is 2.42. The number of alkyl halides is 3. The Bertz CT molecular complexity index is 1020. The van der Waals surface area contributed by atoms with Crippen LogP contribution in [0.3, 0.4) is 0 Å². The summed E-state index contributed by atoms with van der Waals surface area (Å²) in [6.45, 7) is 0. The van der Waals surface area contributed by atoms with E-state index < -0.39 is 12.1 Å². The maximum Gasteiger partial charge on any atom is 0.471 e.